The average molecular weight is 794 g/mol. The number of aliphatic carboxylic acids is 1. The third-order valence-corrected chi connectivity index (χ3v) is 10.7. The molecule has 318 valence electrons. The third kappa shape index (κ3) is 37.0. The van der Waals surface area contributed by atoms with Crippen LogP contribution in [0.3, 0.4) is 0 Å². The first-order valence-corrected chi connectivity index (χ1v) is 22.7. The molecule has 0 radical (unpaired) electrons. The number of unbranched alkanes of at least 4 members (excludes halogenated alkanes) is 18. The maximum absolute atomic E-state index is 12.5. The van der Waals surface area contributed by atoms with Gasteiger partial charge >= 0.3 is 17.9 Å². The van der Waals surface area contributed by atoms with Crippen LogP contribution in [0, 0.1) is 0 Å². The molecule has 0 spiro atoms. The van der Waals surface area contributed by atoms with Gasteiger partial charge in [0.15, 0.2) is 0 Å². The van der Waals surface area contributed by atoms with Crippen LogP contribution in [0.2, 0.25) is 0 Å². The lowest BCUT2D eigenvalue weighted by atomic mass is 10.0. The summed E-state index contributed by atoms with van der Waals surface area (Å²) in [5, 5.41) is 29.5. The Morgan fingerprint density at radius 2 is 1.18 bits per heavy atom. The van der Waals surface area contributed by atoms with Gasteiger partial charge in [-0.25, -0.2) is 0 Å². The lowest BCUT2D eigenvalue weighted by Crippen LogP contribution is -2.38. The number of allylic oxidation sites excluding steroid dienone is 7. The lowest BCUT2D eigenvalue weighted by Gasteiger charge is -2.21. The van der Waals surface area contributed by atoms with Crippen LogP contribution in [0.1, 0.15) is 174 Å². The van der Waals surface area contributed by atoms with Crippen molar-refractivity contribution in [2.24, 2.45) is 5.73 Å². The number of aliphatic hydroxyl groups is 2. The zero-order chi connectivity index (χ0) is 40.6. The molecular formula is C45H79NO8S. The molecule has 10 heteroatoms. The predicted molar refractivity (Wildman–Crippen MR) is 229 cm³/mol. The zero-order valence-electron chi connectivity index (χ0n) is 34.6. The van der Waals surface area contributed by atoms with Crippen LogP contribution in [0.5, 0.6) is 0 Å². The Hall–Kier alpha value is -2.40. The molecule has 55 heavy (non-hydrogen) atoms. The highest BCUT2D eigenvalue weighted by atomic mass is 32.2. The van der Waals surface area contributed by atoms with Crippen molar-refractivity contribution in [2.45, 2.75) is 198 Å². The molecule has 5 N–H and O–H groups in total. The monoisotopic (exact) mass is 794 g/mol. The highest BCUT2D eigenvalue weighted by Crippen LogP contribution is 2.22. The predicted octanol–water partition coefficient (Wildman–Crippen LogP) is 10.3. The second-order valence-electron chi connectivity index (χ2n) is 14.7. The molecule has 0 heterocycles. The van der Waals surface area contributed by atoms with Crippen molar-refractivity contribution in [3.05, 3.63) is 48.6 Å². The zero-order valence-corrected chi connectivity index (χ0v) is 35.4. The molecule has 0 unspecified atom stereocenters. The van der Waals surface area contributed by atoms with E-state index in [1.165, 1.54) is 114 Å². The molecule has 4 atom stereocenters. The van der Waals surface area contributed by atoms with Gasteiger partial charge in [-0.2, -0.15) is 0 Å². The van der Waals surface area contributed by atoms with Crippen molar-refractivity contribution in [3.63, 3.8) is 0 Å². The summed E-state index contributed by atoms with van der Waals surface area (Å²) in [6.45, 7) is 3.84. The lowest BCUT2D eigenvalue weighted by molar-refractivity contribution is -0.153. The molecule has 0 aromatic heterocycles. The minimum atomic E-state index is -1.16. The first kappa shape index (κ1) is 52.6. The molecule has 0 saturated carbocycles. The van der Waals surface area contributed by atoms with Gasteiger partial charge in [-0.05, 0) is 38.5 Å². The van der Waals surface area contributed by atoms with Gasteiger partial charge in [-0.1, -0.05) is 172 Å². The molecule has 0 aliphatic heterocycles. The van der Waals surface area contributed by atoms with Crippen LogP contribution in [0.15, 0.2) is 48.6 Å². The number of hydrogen-bond acceptors (Lipinski definition) is 9. The molecule has 0 rings (SSSR count). The number of carbonyl (C=O) groups excluding carboxylic acids is 2. The van der Waals surface area contributed by atoms with E-state index in [1.807, 2.05) is 30.4 Å². The molecule has 0 aromatic rings. The molecule has 0 amide bonds. The number of nitrogens with two attached hydrogens (primary N) is 1. The molecule has 0 bridgehead atoms. The first-order valence-electron chi connectivity index (χ1n) is 21.6. The standard InChI is InChI=1S/C45H79NO8S/c1-3-5-7-9-11-13-15-17-18-19-20-22-24-26-28-30-35-44(51)53-36-39(47)37-54-45(52)40(46)38-55-42(41(48)32-31-34-43(49)50)33-29-27-25-23-21-16-14-12-10-8-6-4-2/h12,14,21,23,25,27,29,33,39-42,47-48H,3-11,13,15-20,22,24,26,28,30-32,34-38,46H2,1-2H3,(H,49,50)/b14-12-,23-21-,27-25+,33-29+/t39-,40+,41+,42-/m1/s1. The van der Waals surface area contributed by atoms with Crippen molar-refractivity contribution >= 4 is 29.7 Å². The summed E-state index contributed by atoms with van der Waals surface area (Å²) in [7, 11) is 0. The van der Waals surface area contributed by atoms with E-state index >= 15 is 0 Å². The van der Waals surface area contributed by atoms with Crippen molar-refractivity contribution in [1.29, 1.82) is 0 Å². The molecule has 0 fully saturated rings. The third-order valence-electron chi connectivity index (χ3n) is 9.31. The van der Waals surface area contributed by atoms with Gasteiger partial charge < -0.3 is 30.5 Å². The van der Waals surface area contributed by atoms with Gasteiger partial charge in [0, 0.05) is 23.8 Å². The van der Waals surface area contributed by atoms with E-state index in [-0.39, 0.29) is 37.8 Å². The Labute approximate surface area is 339 Å². The Balaban J connectivity index is 4.27. The molecule has 9 nitrogen and oxygen atoms in total. The molecule has 0 aliphatic carbocycles. The first-order chi connectivity index (χ1) is 26.7. The van der Waals surface area contributed by atoms with E-state index in [2.05, 4.69) is 32.1 Å². The number of thioether (sulfide) groups is 1. The van der Waals surface area contributed by atoms with E-state index in [0.717, 1.165) is 32.1 Å². The maximum atomic E-state index is 12.5. The fourth-order valence-corrected chi connectivity index (χ4v) is 7.01. The Kier molecular flexibility index (Phi) is 38.1. The summed E-state index contributed by atoms with van der Waals surface area (Å²) >= 11 is 1.27. The summed E-state index contributed by atoms with van der Waals surface area (Å²) in [6.07, 6.45) is 40.5. The number of carboxylic acid groups (broad SMARTS) is 1. The smallest absolute Gasteiger partial charge is 0.323 e. The SMILES string of the molecule is CCCCC/C=C\C\C=C/C=C/C=C/[C@@H](SC[C@H](N)C(=O)OC[C@H](O)COC(=O)CCCCCCCCCCCCCCCCCC)[C@@H](O)CCCC(=O)O. The number of carbonyl (C=O) groups is 3. The average Bonchev–Trinajstić information content (AvgIpc) is 3.17. The van der Waals surface area contributed by atoms with Crippen LogP contribution in [0.25, 0.3) is 0 Å². The quantitative estimate of drug-likeness (QED) is 0.0204. The van der Waals surface area contributed by atoms with Gasteiger partial charge in [0.2, 0.25) is 0 Å². The molecule has 0 saturated heterocycles. The second-order valence-corrected chi connectivity index (χ2v) is 15.9. The Bertz CT molecular complexity index is 1050. The van der Waals surface area contributed by atoms with E-state index in [4.69, 9.17) is 20.3 Å². The number of aliphatic hydroxyl groups excluding tert-OH is 2. The van der Waals surface area contributed by atoms with Gasteiger partial charge in [0.05, 0.1) is 6.10 Å². The number of ether oxygens (including phenoxy) is 2. The number of rotatable bonds is 39. The largest absolute Gasteiger partial charge is 0.481 e. The van der Waals surface area contributed by atoms with E-state index in [1.54, 1.807) is 0 Å². The van der Waals surface area contributed by atoms with E-state index in [9.17, 15) is 24.6 Å². The highest BCUT2D eigenvalue weighted by molar-refractivity contribution is 8.00. The minimum absolute atomic E-state index is 0.0427. The number of esters is 2. The van der Waals surface area contributed by atoms with Gasteiger partial charge in [-0.3, -0.25) is 14.4 Å². The van der Waals surface area contributed by atoms with Crippen LogP contribution in [0.4, 0.5) is 0 Å². The van der Waals surface area contributed by atoms with Crippen LogP contribution in [-0.2, 0) is 23.9 Å². The van der Waals surface area contributed by atoms with Crippen molar-refractivity contribution in [3.8, 4) is 0 Å². The van der Waals surface area contributed by atoms with Gasteiger partial charge in [0.25, 0.3) is 0 Å². The maximum Gasteiger partial charge on any atom is 0.323 e. The minimum Gasteiger partial charge on any atom is -0.481 e. The summed E-state index contributed by atoms with van der Waals surface area (Å²) in [4.78, 5) is 35.6. The van der Waals surface area contributed by atoms with Crippen molar-refractivity contribution in [1.82, 2.24) is 0 Å². The molecular weight excluding hydrogens is 715 g/mol. The summed E-state index contributed by atoms with van der Waals surface area (Å²) in [5.41, 5.74) is 6.06. The summed E-state index contributed by atoms with van der Waals surface area (Å²) in [6, 6.07) is -1.01. The Morgan fingerprint density at radius 1 is 0.636 bits per heavy atom. The van der Waals surface area contributed by atoms with E-state index < -0.39 is 35.4 Å². The fourth-order valence-electron chi connectivity index (χ4n) is 5.88. The highest BCUT2D eigenvalue weighted by Gasteiger charge is 2.23. The fraction of sp³-hybridized carbons (Fsp3) is 0.756. The summed E-state index contributed by atoms with van der Waals surface area (Å²) < 4.78 is 10.3. The Morgan fingerprint density at radius 3 is 1.78 bits per heavy atom. The molecule has 0 aromatic carbocycles. The normalized spacial score (nSPS) is 14.3. The summed E-state index contributed by atoms with van der Waals surface area (Å²) in [5.74, 6) is -1.86. The topological polar surface area (TPSA) is 156 Å². The van der Waals surface area contributed by atoms with Crippen LogP contribution >= 0.6 is 11.8 Å². The molecule has 0 aliphatic rings. The number of hydrogen-bond donors (Lipinski definition) is 4. The van der Waals surface area contributed by atoms with Crippen LogP contribution < -0.4 is 5.73 Å². The second kappa shape index (κ2) is 39.8. The van der Waals surface area contributed by atoms with Crippen molar-refractivity contribution < 1.29 is 39.2 Å². The number of carboxylic acids is 1. The van der Waals surface area contributed by atoms with Gasteiger partial charge in [0.1, 0.15) is 25.4 Å². The van der Waals surface area contributed by atoms with Crippen molar-refractivity contribution in [2.75, 3.05) is 19.0 Å². The van der Waals surface area contributed by atoms with Gasteiger partial charge in [-0.15, -0.1) is 11.8 Å². The van der Waals surface area contributed by atoms with Crippen LogP contribution in [-0.4, -0.2) is 75.7 Å². The van der Waals surface area contributed by atoms with E-state index in [0.29, 0.717) is 12.8 Å².